The van der Waals surface area contributed by atoms with Crippen LogP contribution >= 0.6 is 0 Å². The number of aromatic amines is 2. The number of aliphatic imine (C=N–C) groups is 1. The fourth-order valence-electron chi connectivity index (χ4n) is 4.74. The van der Waals surface area contributed by atoms with Crippen LogP contribution in [-0.4, -0.2) is 22.8 Å². The molecule has 0 saturated carbocycles. The van der Waals surface area contributed by atoms with Gasteiger partial charge in [-0.2, -0.15) is 0 Å². The van der Waals surface area contributed by atoms with Crippen LogP contribution in [-0.2, 0) is 11.2 Å². The van der Waals surface area contributed by atoms with Gasteiger partial charge in [0.25, 0.3) is 0 Å². The van der Waals surface area contributed by atoms with Crippen LogP contribution in [0, 0.1) is 0 Å². The Kier molecular flexibility index (Phi) is 6.93. The number of aromatic nitrogens is 2. The normalized spacial score (nSPS) is 20.9. The second kappa shape index (κ2) is 10.0. The topological polar surface area (TPSA) is 53.2 Å². The number of hydrogen-bond donors (Lipinski definition) is 2. The van der Waals surface area contributed by atoms with Gasteiger partial charge >= 0.3 is 0 Å². The molecule has 3 heterocycles. The van der Waals surface area contributed by atoms with E-state index in [2.05, 4.69) is 29.0 Å². The van der Waals surface area contributed by atoms with Crippen molar-refractivity contribution in [1.29, 1.82) is 0 Å². The number of allylic oxidation sites excluding steroid dienone is 1. The number of ether oxygens (including phenoxy) is 1. The van der Waals surface area contributed by atoms with Crippen molar-refractivity contribution in [2.75, 3.05) is 7.11 Å². The highest BCUT2D eigenvalue weighted by molar-refractivity contribution is 6.11. The molecule has 0 aromatic carbocycles. The summed E-state index contributed by atoms with van der Waals surface area (Å²) in [6.07, 6.45) is 19.1. The molecule has 2 aromatic rings. The van der Waals surface area contributed by atoms with Crippen molar-refractivity contribution in [2.45, 2.75) is 77.0 Å². The first kappa shape index (κ1) is 20.8. The maximum absolute atomic E-state index is 5.67. The standard InChI is InChI=1S/C26H35N3O/c1-3-4-7-11-19-12-8-5-6-9-13-20-16-21(19)23(28-20)17-25-26(30-2)18-24(29-25)22-14-10-15-27-22/h10,14-19,27-28H,3-9,11-13H2,1-2H3/b25-17+/t19-/m0/s1. The number of aryl methyl sites for hydroxylation is 1. The van der Waals surface area contributed by atoms with Gasteiger partial charge in [0, 0.05) is 23.7 Å². The Morgan fingerprint density at radius 1 is 1.20 bits per heavy atom. The Balaban J connectivity index is 1.67. The molecule has 0 amide bonds. The van der Waals surface area contributed by atoms with Gasteiger partial charge < -0.3 is 14.7 Å². The van der Waals surface area contributed by atoms with E-state index in [-0.39, 0.29) is 0 Å². The third-order valence-electron chi connectivity index (χ3n) is 6.42. The molecule has 4 heteroatoms. The lowest BCUT2D eigenvalue weighted by atomic mass is 9.87. The zero-order chi connectivity index (χ0) is 20.8. The molecule has 1 aliphatic carbocycles. The lowest BCUT2D eigenvalue weighted by molar-refractivity contribution is 0.303. The minimum atomic E-state index is 0.634. The first-order chi connectivity index (χ1) is 14.8. The number of unbranched alkanes of at least 4 members (excludes halogenated alkanes) is 2. The highest BCUT2D eigenvalue weighted by atomic mass is 16.5. The molecule has 160 valence electrons. The summed E-state index contributed by atoms with van der Waals surface area (Å²) in [6.45, 7) is 2.29. The molecule has 0 spiro atoms. The SMILES string of the molecule is CCCCC[C@H]1CCCCCCc2cc1c(/C=C1/N=C(c3ccc[nH]3)C=C1OC)[nH]2. The largest absolute Gasteiger partial charge is 0.494 e. The lowest BCUT2D eigenvalue weighted by Crippen LogP contribution is -2.01. The number of nitrogens with one attached hydrogen (secondary N) is 2. The average molecular weight is 406 g/mol. The molecule has 0 unspecified atom stereocenters. The van der Waals surface area contributed by atoms with Crippen LogP contribution in [0.3, 0.4) is 0 Å². The van der Waals surface area contributed by atoms with Crippen LogP contribution in [0.5, 0.6) is 0 Å². The van der Waals surface area contributed by atoms with E-state index in [1.54, 1.807) is 7.11 Å². The highest BCUT2D eigenvalue weighted by Crippen LogP contribution is 2.35. The maximum Gasteiger partial charge on any atom is 0.146 e. The van der Waals surface area contributed by atoms with Crippen molar-refractivity contribution in [1.82, 2.24) is 9.97 Å². The van der Waals surface area contributed by atoms with Gasteiger partial charge in [-0.25, -0.2) is 4.99 Å². The van der Waals surface area contributed by atoms with Crippen LogP contribution in [0.2, 0.25) is 0 Å². The molecule has 0 radical (unpaired) electrons. The Morgan fingerprint density at radius 2 is 2.10 bits per heavy atom. The van der Waals surface area contributed by atoms with Gasteiger partial charge in [-0.05, 0) is 61.4 Å². The van der Waals surface area contributed by atoms with Crippen LogP contribution < -0.4 is 0 Å². The van der Waals surface area contributed by atoms with Crippen molar-refractivity contribution in [2.24, 2.45) is 4.99 Å². The van der Waals surface area contributed by atoms with Crippen molar-refractivity contribution in [3.05, 3.63) is 64.6 Å². The molecule has 0 saturated heterocycles. The summed E-state index contributed by atoms with van der Waals surface area (Å²) in [7, 11) is 1.73. The van der Waals surface area contributed by atoms with Crippen molar-refractivity contribution in [3.8, 4) is 0 Å². The smallest absolute Gasteiger partial charge is 0.146 e. The second-order valence-corrected chi connectivity index (χ2v) is 8.63. The highest BCUT2D eigenvalue weighted by Gasteiger charge is 2.21. The summed E-state index contributed by atoms with van der Waals surface area (Å²) in [5.74, 6) is 1.46. The predicted octanol–water partition coefficient (Wildman–Crippen LogP) is 6.89. The van der Waals surface area contributed by atoms with Crippen LogP contribution in [0.1, 0.15) is 93.3 Å². The number of fused-ring (bicyclic) bond motifs is 2. The molecule has 2 aromatic heterocycles. The van der Waals surface area contributed by atoms with Gasteiger partial charge in [0.05, 0.1) is 18.5 Å². The van der Waals surface area contributed by atoms with Gasteiger partial charge in [-0.15, -0.1) is 0 Å². The monoisotopic (exact) mass is 405 g/mol. The molecule has 0 fully saturated rings. The summed E-state index contributed by atoms with van der Waals surface area (Å²) in [5, 5.41) is 0. The Morgan fingerprint density at radius 3 is 2.90 bits per heavy atom. The fraction of sp³-hybridized carbons (Fsp3) is 0.500. The van der Waals surface area contributed by atoms with Crippen LogP contribution in [0.15, 0.2) is 46.9 Å². The Bertz CT molecular complexity index is 914. The van der Waals surface area contributed by atoms with Crippen LogP contribution in [0.4, 0.5) is 0 Å². The molecule has 2 aliphatic rings. The lowest BCUT2D eigenvalue weighted by Gasteiger charge is -2.18. The maximum atomic E-state index is 5.67. The molecule has 30 heavy (non-hydrogen) atoms. The van der Waals surface area contributed by atoms with E-state index in [0.717, 1.165) is 29.3 Å². The first-order valence-corrected chi connectivity index (χ1v) is 11.7. The zero-order valence-electron chi connectivity index (χ0n) is 18.5. The molecular formula is C26H35N3O. The van der Waals surface area contributed by atoms with Gasteiger partial charge in [0.1, 0.15) is 11.5 Å². The van der Waals surface area contributed by atoms with E-state index in [4.69, 9.17) is 9.73 Å². The number of methoxy groups -OCH3 is 1. The van der Waals surface area contributed by atoms with Crippen molar-refractivity contribution < 1.29 is 4.74 Å². The minimum absolute atomic E-state index is 0.634. The number of rotatable bonds is 7. The number of H-pyrrole nitrogens is 2. The van der Waals surface area contributed by atoms with Gasteiger partial charge in [0.2, 0.25) is 0 Å². The summed E-state index contributed by atoms with van der Waals surface area (Å²) in [5.41, 5.74) is 6.92. The predicted molar refractivity (Wildman–Crippen MR) is 125 cm³/mol. The molecule has 2 N–H and O–H groups in total. The summed E-state index contributed by atoms with van der Waals surface area (Å²) in [6, 6.07) is 6.48. The molecular weight excluding hydrogens is 370 g/mol. The van der Waals surface area contributed by atoms with Crippen LogP contribution in [0.25, 0.3) is 6.08 Å². The first-order valence-electron chi connectivity index (χ1n) is 11.7. The van der Waals surface area contributed by atoms with Gasteiger partial charge in [0.15, 0.2) is 0 Å². The number of nitrogens with zero attached hydrogens (tertiary/aromatic N) is 1. The summed E-state index contributed by atoms with van der Waals surface area (Å²) >= 11 is 0. The summed E-state index contributed by atoms with van der Waals surface area (Å²) < 4.78 is 5.67. The fourth-order valence-corrected chi connectivity index (χ4v) is 4.74. The van der Waals surface area contributed by atoms with E-state index in [9.17, 15) is 0 Å². The summed E-state index contributed by atoms with van der Waals surface area (Å²) in [4.78, 5) is 11.9. The van der Waals surface area contributed by atoms with Crippen molar-refractivity contribution in [3.63, 3.8) is 0 Å². The van der Waals surface area contributed by atoms with E-state index in [0.29, 0.717) is 5.92 Å². The molecule has 1 atom stereocenters. The second-order valence-electron chi connectivity index (χ2n) is 8.63. The van der Waals surface area contributed by atoms with Gasteiger partial charge in [-0.3, -0.25) is 0 Å². The number of hydrogen-bond acceptors (Lipinski definition) is 2. The van der Waals surface area contributed by atoms with E-state index < -0.39 is 0 Å². The van der Waals surface area contributed by atoms with E-state index >= 15 is 0 Å². The van der Waals surface area contributed by atoms with Crippen molar-refractivity contribution >= 4 is 11.8 Å². The van der Waals surface area contributed by atoms with Gasteiger partial charge in [-0.1, -0.05) is 45.4 Å². The molecule has 4 nitrogen and oxygen atoms in total. The minimum Gasteiger partial charge on any atom is -0.494 e. The third-order valence-corrected chi connectivity index (χ3v) is 6.42. The Labute approximate surface area is 180 Å². The quantitative estimate of drug-likeness (QED) is 0.484. The molecule has 1 aliphatic heterocycles. The van der Waals surface area contributed by atoms with E-state index in [1.165, 1.54) is 74.7 Å². The Hall–Kier alpha value is -2.49. The molecule has 2 bridgehead atoms. The average Bonchev–Trinajstić information content (AvgIpc) is 3.49. The van der Waals surface area contributed by atoms with E-state index in [1.807, 2.05) is 24.4 Å². The zero-order valence-corrected chi connectivity index (χ0v) is 18.5. The molecule has 4 rings (SSSR count). The third kappa shape index (κ3) is 4.80.